The minimum atomic E-state index is -0.297. The second kappa shape index (κ2) is 10.4. The summed E-state index contributed by atoms with van der Waals surface area (Å²) in [6.45, 7) is 5.18. The Kier molecular flexibility index (Phi) is 7.05. The fourth-order valence-corrected chi connectivity index (χ4v) is 5.41. The Balaban J connectivity index is 1.34. The molecule has 3 N–H and O–H groups in total. The molecule has 1 amide bonds. The number of carbonyl (C=O) groups excluding carboxylic acids is 1. The molecule has 8 nitrogen and oxygen atoms in total. The number of thiophene rings is 1. The van der Waals surface area contributed by atoms with Crippen molar-refractivity contribution < 1.29 is 14.4 Å². The van der Waals surface area contributed by atoms with Crippen LogP contribution in [0.3, 0.4) is 0 Å². The Bertz CT molecular complexity index is 1090. The minimum absolute atomic E-state index is 0.166. The topological polar surface area (TPSA) is 89.9 Å². The number of rotatable bonds is 6. The number of likely N-dealkylation sites (tertiary alicyclic amines) is 1. The van der Waals surface area contributed by atoms with Crippen LogP contribution in [0.4, 0.5) is 5.69 Å². The average molecular weight is 502 g/mol. The summed E-state index contributed by atoms with van der Waals surface area (Å²) in [5.41, 5.74) is 6.90. The Morgan fingerprint density at radius 2 is 1.97 bits per heavy atom. The zero-order valence-corrected chi connectivity index (χ0v) is 20.4. The van der Waals surface area contributed by atoms with Crippen LogP contribution in [0.1, 0.15) is 33.6 Å². The van der Waals surface area contributed by atoms with E-state index in [1.807, 2.05) is 12.1 Å². The summed E-state index contributed by atoms with van der Waals surface area (Å²) in [5.74, 6) is 0.415. The third kappa shape index (κ3) is 5.07. The highest BCUT2D eigenvalue weighted by atomic mass is 35.5. The molecule has 0 spiro atoms. The lowest BCUT2D eigenvalue weighted by atomic mass is 10.0. The fraction of sp³-hybridized carbons (Fsp3) is 0.417. The number of carbonyl (C=O) groups is 1. The van der Waals surface area contributed by atoms with Gasteiger partial charge >= 0.3 is 0 Å². The summed E-state index contributed by atoms with van der Waals surface area (Å²) >= 11 is 7.18. The number of amidine groups is 1. The van der Waals surface area contributed by atoms with Gasteiger partial charge in [-0.2, -0.15) is 0 Å². The predicted octanol–water partition coefficient (Wildman–Crippen LogP) is 3.33. The third-order valence-corrected chi connectivity index (χ3v) is 7.50. The molecule has 3 aliphatic rings. The molecule has 4 heterocycles. The first-order chi connectivity index (χ1) is 16.6. The molecular formula is C24H28ClN5O3S. The number of amides is 1. The van der Waals surface area contributed by atoms with Gasteiger partial charge < -0.3 is 19.9 Å². The van der Waals surface area contributed by atoms with Crippen LogP contribution in [0.25, 0.3) is 5.70 Å². The normalized spacial score (nSPS) is 20.3. The third-order valence-electron chi connectivity index (χ3n) is 6.27. The van der Waals surface area contributed by atoms with E-state index in [1.54, 1.807) is 12.1 Å². The van der Waals surface area contributed by atoms with Crippen LogP contribution in [0.5, 0.6) is 0 Å². The maximum absolute atomic E-state index is 12.3. The number of halogens is 1. The molecule has 1 atom stereocenters. The van der Waals surface area contributed by atoms with Gasteiger partial charge in [0, 0.05) is 43.0 Å². The molecule has 0 bridgehead atoms. The van der Waals surface area contributed by atoms with Gasteiger partial charge in [-0.25, -0.2) is 0 Å². The first kappa shape index (κ1) is 23.2. The summed E-state index contributed by atoms with van der Waals surface area (Å²) in [6.07, 6.45) is 3.98. The molecule has 0 aliphatic carbocycles. The van der Waals surface area contributed by atoms with E-state index in [-0.39, 0.29) is 12.0 Å². The monoisotopic (exact) mass is 501 g/mol. The highest BCUT2D eigenvalue weighted by Gasteiger charge is 2.25. The molecule has 2 fully saturated rings. The number of hydrogen-bond acceptors (Lipinski definition) is 7. The predicted molar refractivity (Wildman–Crippen MR) is 135 cm³/mol. The van der Waals surface area contributed by atoms with E-state index in [2.05, 4.69) is 32.7 Å². The number of benzene rings is 1. The van der Waals surface area contributed by atoms with E-state index in [9.17, 15) is 4.79 Å². The highest BCUT2D eigenvalue weighted by molar-refractivity contribution is 7.18. The number of morpholine rings is 1. The molecule has 2 saturated heterocycles. The van der Waals surface area contributed by atoms with Crippen LogP contribution in [-0.4, -0.2) is 68.7 Å². The number of hydroxylamine groups is 1. The lowest BCUT2D eigenvalue weighted by Crippen LogP contribution is -2.37. The van der Waals surface area contributed by atoms with Crippen molar-refractivity contribution in [1.29, 1.82) is 5.41 Å². The number of nitrogens with one attached hydrogen (secondary N) is 3. The van der Waals surface area contributed by atoms with Gasteiger partial charge in [-0.1, -0.05) is 23.7 Å². The highest BCUT2D eigenvalue weighted by Crippen LogP contribution is 2.31. The molecule has 1 aromatic heterocycles. The van der Waals surface area contributed by atoms with Crippen LogP contribution in [0, 0.1) is 5.41 Å². The lowest BCUT2D eigenvalue weighted by molar-refractivity contribution is 0.0499. The van der Waals surface area contributed by atoms with Crippen molar-refractivity contribution in [2.75, 3.05) is 50.8 Å². The van der Waals surface area contributed by atoms with E-state index in [1.165, 1.54) is 11.3 Å². The second-order valence-electron chi connectivity index (χ2n) is 8.53. The number of ether oxygens (including phenoxy) is 1. The van der Waals surface area contributed by atoms with Gasteiger partial charge in [0.25, 0.3) is 5.91 Å². The molecule has 5 rings (SSSR count). The Hall–Kier alpha value is -2.59. The summed E-state index contributed by atoms with van der Waals surface area (Å²) in [4.78, 5) is 23.1. The van der Waals surface area contributed by atoms with Gasteiger partial charge in [0.15, 0.2) is 0 Å². The minimum Gasteiger partial charge on any atom is -0.378 e. The van der Waals surface area contributed by atoms with Crippen molar-refractivity contribution in [2.45, 2.75) is 18.9 Å². The average Bonchev–Trinajstić information content (AvgIpc) is 3.65. The van der Waals surface area contributed by atoms with Gasteiger partial charge in [0.1, 0.15) is 11.9 Å². The van der Waals surface area contributed by atoms with Gasteiger partial charge in [-0.3, -0.25) is 20.5 Å². The summed E-state index contributed by atoms with van der Waals surface area (Å²) < 4.78 is 6.15. The van der Waals surface area contributed by atoms with Crippen LogP contribution in [0.2, 0.25) is 4.34 Å². The summed E-state index contributed by atoms with van der Waals surface area (Å²) in [7, 11) is 0. The molecule has 10 heteroatoms. The summed E-state index contributed by atoms with van der Waals surface area (Å²) in [5, 5.41) is 11.6. The maximum atomic E-state index is 12.3. The smallest absolute Gasteiger partial charge is 0.261 e. The second-order valence-corrected chi connectivity index (χ2v) is 10.2. The SMILES string of the molecule is N=C(c1ccc(C2=CC(CNC(=O)c3ccc(Cl)s3)ON2)c(N2CCOCC2)c1)N1CCCC1. The first-order valence-corrected chi connectivity index (χ1v) is 12.8. The standard InChI is InChI=1S/C24H28ClN5O3S/c25-22-6-5-21(34-22)24(31)27-15-17-14-19(28-33-17)18-4-3-16(23(26)30-7-1-2-8-30)13-20(18)29-9-11-32-12-10-29/h3-6,13-14,17,26,28H,1-2,7-12,15H2,(H,27,31). The molecule has 2 aromatic rings. The Labute approximate surface area is 207 Å². The van der Waals surface area contributed by atoms with E-state index in [0.29, 0.717) is 34.8 Å². The molecule has 0 radical (unpaired) electrons. The quantitative estimate of drug-likeness (QED) is 0.415. The van der Waals surface area contributed by atoms with Crippen LogP contribution in [-0.2, 0) is 9.57 Å². The van der Waals surface area contributed by atoms with Crippen molar-refractivity contribution in [2.24, 2.45) is 0 Å². The van der Waals surface area contributed by atoms with Gasteiger partial charge in [-0.05, 0) is 37.1 Å². The van der Waals surface area contributed by atoms with Gasteiger partial charge in [-0.15, -0.1) is 11.3 Å². The van der Waals surface area contributed by atoms with Crippen molar-refractivity contribution >= 4 is 46.1 Å². The molecule has 1 aromatic carbocycles. The molecule has 3 aliphatic heterocycles. The Morgan fingerprint density at radius 3 is 2.71 bits per heavy atom. The molecule has 1 unspecified atom stereocenters. The Morgan fingerprint density at radius 1 is 1.18 bits per heavy atom. The largest absolute Gasteiger partial charge is 0.378 e. The first-order valence-electron chi connectivity index (χ1n) is 11.6. The van der Waals surface area contributed by atoms with Crippen LogP contribution >= 0.6 is 22.9 Å². The lowest BCUT2D eigenvalue weighted by Gasteiger charge is -2.31. The summed E-state index contributed by atoms with van der Waals surface area (Å²) in [6, 6.07) is 9.61. The van der Waals surface area contributed by atoms with Crippen molar-refractivity contribution in [3.05, 3.63) is 56.7 Å². The van der Waals surface area contributed by atoms with Crippen LogP contribution < -0.4 is 15.7 Å². The maximum Gasteiger partial charge on any atom is 0.261 e. The van der Waals surface area contributed by atoms with Crippen molar-refractivity contribution in [3.8, 4) is 0 Å². The number of anilines is 1. The van der Waals surface area contributed by atoms with E-state index in [4.69, 9.17) is 26.6 Å². The molecular weight excluding hydrogens is 474 g/mol. The van der Waals surface area contributed by atoms with Crippen molar-refractivity contribution in [1.82, 2.24) is 15.7 Å². The number of nitrogens with zero attached hydrogens (tertiary/aromatic N) is 2. The molecule has 180 valence electrons. The zero-order valence-electron chi connectivity index (χ0n) is 18.8. The molecule has 34 heavy (non-hydrogen) atoms. The van der Waals surface area contributed by atoms with Gasteiger partial charge in [0.2, 0.25) is 0 Å². The van der Waals surface area contributed by atoms with Crippen LogP contribution in [0.15, 0.2) is 36.4 Å². The van der Waals surface area contributed by atoms with Gasteiger partial charge in [0.05, 0.1) is 34.7 Å². The van der Waals surface area contributed by atoms with Crippen molar-refractivity contribution in [3.63, 3.8) is 0 Å². The van der Waals surface area contributed by atoms with E-state index in [0.717, 1.165) is 61.5 Å². The fourth-order valence-electron chi connectivity index (χ4n) is 4.45. The van der Waals surface area contributed by atoms with E-state index < -0.39 is 0 Å². The molecule has 0 saturated carbocycles. The number of hydrogen-bond donors (Lipinski definition) is 3. The zero-order chi connectivity index (χ0) is 23.5. The van der Waals surface area contributed by atoms with E-state index >= 15 is 0 Å².